The third-order valence-corrected chi connectivity index (χ3v) is 4.23. The van der Waals surface area contributed by atoms with Crippen LogP contribution in [-0.2, 0) is 6.42 Å². The van der Waals surface area contributed by atoms with Gasteiger partial charge < -0.3 is 10.5 Å². The standard InChI is InChI=1S/C19H23NO/c1-14-10-11-19-16(12-14)13-17(21-19)8-5-9-18(20)15-6-3-2-4-7-15/h2-4,6-7,10-12,17-18H,5,8-9,13,20H2,1H3. The van der Waals surface area contributed by atoms with Gasteiger partial charge in [0.1, 0.15) is 11.9 Å². The lowest BCUT2D eigenvalue weighted by Gasteiger charge is -2.14. The van der Waals surface area contributed by atoms with E-state index in [0.29, 0.717) is 6.10 Å². The Labute approximate surface area is 126 Å². The fraction of sp³-hybridized carbons (Fsp3) is 0.368. The van der Waals surface area contributed by atoms with Gasteiger partial charge in [-0.1, -0.05) is 48.0 Å². The Morgan fingerprint density at radius 3 is 2.81 bits per heavy atom. The SMILES string of the molecule is Cc1ccc2c(c1)CC(CCCC(N)c1ccccc1)O2. The fourth-order valence-corrected chi connectivity index (χ4v) is 3.04. The van der Waals surface area contributed by atoms with Gasteiger partial charge in [-0.3, -0.25) is 0 Å². The van der Waals surface area contributed by atoms with Crippen LogP contribution < -0.4 is 10.5 Å². The zero-order valence-electron chi connectivity index (χ0n) is 12.6. The number of benzene rings is 2. The predicted octanol–water partition coefficient (Wildman–Crippen LogP) is 4.17. The summed E-state index contributed by atoms with van der Waals surface area (Å²) in [6.07, 6.45) is 4.56. The van der Waals surface area contributed by atoms with Crippen LogP contribution in [0.2, 0.25) is 0 Å². The van der Waals surface area contributed by atoms with Gasteiger partial charge in [0.05, 0.1) is 0 Å². The highest BCUT2D eigenvalue weighted by molar-refractivity contribution is 5.40. The van der Waals surface area contributed by atoms with Gasteiger partial charge in [0.2, 0.25) is 0 Å². The molecule has 2 unspecified atom stereocenters. The number of aryl methyl sites for hydroxylation is 1. The first-order valence-electron chi connectivity index (χ1n) is 7.79. The Hall–Kier alpha value is -1.80. The van der Waals surface area contributed by atoms with Gasteiger partial charge >= 0.3 is 0 Å². The van der Waals surface area contributed by atoms with Crippen LogP contribution in [0.1, 0.15) is 42.0 Å². The Bertz CT molecular complexity index is 594. The number of hydrogen-bond donors (Lipinski definition) is 1. The summed E-state index contributed by atoms with van der Waals surface area (Å²) in [6.45, 7) is 2.13. The minimum Gasteiger partial charge on any atom is -0.490 e. The summed E-state index contributed by atoms with van der Waals surface area (Å²) in [4.78, 5) is 0. The monoisotopic (exact) mass is 281 g/mol. The van der Waals surface area contributed by atoms with E-state index in [1.165, 1.54) is 16.7 Å². The van der Waals surface area contributed by atoms with Crippen molar-refractivity contribution in [3.63, 3.8) is 0 Å². The smallest absolute Gasteiger partial charge is 0.123 e. The van der Waals surface area contributed by atoms with Gasteiger partial charge in [-0.15, -0.1) is 0 Å². The van der Waals surface area contributed by atoms with E-state index in [2.05, 4.69) is 37.3 Å². The molecule has 0 saturated carbocycles. The average Bonchev–Trinajstić information content (AvgIpc) is 2.89. The van der Waals surface area contributed by atoms with Crippen LogP contribution in [0, 0.1) is 6.92 Å². The third-order valence-electron chi connectivity index (χ3n) is 4.23. The summed E-state index contributed by atoms with van der Waals surface area (Å²) in [7, 11) is 0. The molecule has 0 bridgehead atoms. The van der Waals surface area contributed by atoms with E-state index in [1.54, 1.807) is 0 Å². The van der Waals surface area contributed by atoms with E-state index in [9.17, 15) is 0 Å². The highest BCUT2D eigenvalue weighted by atomic mass is 16.5. The Morgan fingerprint density at radius 1 is 1.19 bits per heavy atom. The first kappa shape index (κ1) is 14.2. The summed E-state index contributed by atoms with van der Waals surface area (Å²) in [5.41, 5.74) is 10.1. The molecular formula is C19H23NO. The second-order valence-electron chi connectivity index (χ2n) is 6.00. The molecule has 0 fully saturated rings. The van der Waals surface area contributed by atoms with E-state index in [0.717, 1.165) is 31.4 Å². The summed E-state index contributed by atoms with van der Waals surface area (Å²) in [6, 6.07) is 16.9. The molecule has 0 radical (unpaired) electrons. The molecule has 0 aliphatic carbocycles. The summed E-state index contributed by atoms with van der Waals surface area (Å²) in [5, 5.41) is 0. The molecule has 0 saturated heterocycles. The number of nitrogens with two attached hydrogens (primary N) is 1. The van der Waals surface area contributed by atoms with E-state index >= 15 is 0 Å². The molecule has 1 heterocycles. The van der Waals surface area contributed by atoms with Crippen LogP contribution in [0.25, 0.3) is 0 Å². The first-order chi connectivity index (χ1) is 10.2. The lowest BCUT2D eigenvalue weighted by atomic mass is 9.99. The van der Waals surface area contributed by atoms with Crippen molar-refractivity contribution < 1.29 is 4.74 Å². The van der Waals surface area contributed by atoms with Crippen molar-refractivity contribution in [3.8, 4) is 5.75 Å². The average molecular weight is 281 g/mol. The largest absolute Gasteiger partial charge is 0.490 e. The minimum atomic E-state index is 0.136. The second-order valence-corrected chi connectivity index (χ2v) is 6.00. The molecule has 2 N–H and O–H groups in total. The molecule has 1 aliphatic rings. The van der Waals surface area contributed by atoms with Gasteiger partial charge in [0, 0.05) is 12.5 Å². The lowest BCUT2D eigenvalue weighted by Crippen LogP contribution is -2.15. The van der Waals surface area contributed by atoms with Crippen LogP contribution in [0.4, 0.5) is 0 Å². The van der Waals surface area contributed by atoms with Gasteiger partial charge in [0.25, 0.3) is 0 Å². The number of rotatable bonds is 5. The lowest BCUT2D eigenvalue weighted by molar-refractivity contribution is 0.215. The first-order valence-corrected chi connectivity index (χ1v) is 7.79. The molecule has 0 amide bonds. The topological polar surface area (TPSA) is 35.2 Å². The summed E-state index contributed by atoms with van der Waals surface area (Å²) in [5.74, 6) is 1.07. The maximum absolute atomic E-state index is 6.24. The Balaban J connectivity index is 1.47. The van der Waals surface area contributed by atoms with E-state index in [1.807, 2.05) is 18.2 Å². The molecule has 21 heavy (non-hydrogen) atoms. The van der Waals surface area contributed by atoms with Crippen molar-refractivity contribution in [1.29, 1.82) is 0 Å². The molecule has 2 atom stereocenters. The van der Waals surface area contributed by atoms with Gasteiger partial charge in [-0.05, 0) is 43.4 Å². The van der Waals surface area contributed by atoms with Gasteiger partial charge in [0.15, 0.2) is 0 Å². The molecule has 0 aromatic heterocycles. The van der Waals surface area contributed by atoms with Crippen molar-refractivity contribution >= 4 is 0 Å². The zero-order valence-corrected chi connectivity index (χ0v) is 12.6. The quantitative estimate of drug-likeness (QED) is 0.892. The van der Waals surface area contributed by atoms with Crippen LogP contribution in [-0.4, -0.2) is 6.10 Å². The molecule has 2 aromatic rings. The number of fused-ring (bicyclic) bond motifs is 1. The zero-order chi connectivity index (χ0) is 14.7. The van der Waals surface area contributed by atoms with Crippen molar-refractivity contribution in [2.75, 3.05) is 0 Å². The number of ether oxygens (including phenoxy) is 1. The van der Waals surface area contributed by atoms with Crippen molar-refractivity contribution in [2.24, 2.45) is 5.73 Å². The van der Waals surface area contributed by atoms with Crippen LogP contribution in [0.15, 0.2) is 48.5 Å². The van der Waals surface area contributed by atoms with Gasteiger partial charge in [-0.25, -0.2) is 0 Å². The van der Waals surface area contributed by atoms with Crippen LogP contribution >= 0.6 is 0 Å². The summed E-state index contributed by atoms with van der Waals surface area (Å²) < 4.78 is 6.01. The van der Waals surface area contributed by atoms with E-state index in [4.69, 9.17) is 10.5 Å². The van der Waals surface area contributed by atoms with Crippen molar-refractivity contribution in [3.05, 3.63) is 65.2 Å². The molecular weight excluding hydrogens is 258 g/mol. The number of hydrogen-bond acceptors (Lipinski definition) is 2. The molecule has 3 rings (SSSR count). The fourth-order valence-electron chi connectivity index (χ4n) is 3.04. The molecule has 2 aromatic carbocycles. The highest BCUT2D eigenvalue weighted by Crippen LogP contribution is 2.31. The van der Waals surface area contributed by atoms with Crippen LogP contribution in [0.3, 0.4) is 0 Å². The highest BCUT2D eigenvalue weighted by Gasteiger charge is 2.22. The summed E-state index contributed by atoms with van der Waals surface area (Å²) >= 11 is 0. The van der Waals surface area contributed by atoms with Crippen LogP contribution in [0.5, 0.6) is 5.75 Å². The van der Waals surface area contributed by atoms with E-state index < -0.39 is 0 Å². The normalized spacial score (nSPS) is 18.1. The molecule has 110 valence electrons. The Kier molecular flexibility index (Phi) is 4.26. The van der Waals surface area contributed by atoms with Crippen molar-refractivity contribution in [1.82, 2.24) is 0 Å². The Morgan fingerprint density at radius 2 is 2.00 bits per heavy atom. The molecule has 2 nitrogen and oxygen atoms in total. The molecule has 2 heteroatoms. The second kappa shape index (κ2) is 6.31. The molecule has 1 aliphatic heterocycles. The third kappa shape index (κ3) is 3.45. The van der Waals surface area contributed by atoms with E-state index in [-0.39, 0.29) is 6.04 Å². The van der Waals surface area contributed by atoms with Gasteiger partial charge in [-0.2, -0.15) is 0 Å². The van der Waals surface area contributed by atoms with Crippen molar-refractivity contribution in [2.45, 2.75) is 44.8 Å². The maximum atomic E-state index is 6.24. The molecule has 0 spiro atoms. The predicted molar refractivity (Wildman–Crippen MR) is 86.5 cm³/mol. The maximum Gasteiger partial charge on any atom is 0.123 e. The minimum absolute atomic E-state index is 0.136.